The van der Waals surface area contributed by atoms with Crippen LogP contribution in [0, 0.1) is 11.3 Å². The van der Waals surface area contributed by atoms with Crippen LogP contribution < -0.4 is 4.74 Å². The third kappa shape index (κ3) is 3.13. The van der Waals surface area contributed by atoms with Gasteiger partial charge in [0.25, 0.3) is 0 Å². The van der Waals surface area contributed by atoms with E-state index in [0.29, 0.717) is 41.3 Å². The number of hydrogen-bond acceptors (Lipinski definition) is 6. The van der Waals surface area contributed by atoms with E-state index in [-0.39, 0.29) is 6.04 Å². The van der Waals surface area contributed by atoms with Crippen LogP contribution in [0.2, 0.25) is 0 Å². The minimum atomic E-state index is -0.928. The highest BCUT2D eigenvalue weighted by atomic mass is 16.5. The summed E-state index contributed by atoms with van der Waals surface area (Å²) in [6, 6.07) is 8.89. The molecule has 9 heteroatoms. The van der Waals surface area contributed by atoms with Gasteiger partial charge in [-0.15, -0.1) is 0 Å². The van der Waals surface area contributed by atoms with E-state index in [1.165, 1.54) is 11.2 Å². The highest BCUT2D eigenvalue weighted by molar-refractivity contribution is 5.80. The Balaban J connectivity index is 1.68. The number of amides is 1. The normalized spacial score (nSPS) is 16.9. The molecule has 1 N–H and O–H groups in total. The molecular weight excluding hydrogens is 348 g/mol. The molecule has 2 aromatic heterocycles. The fraction of sp³-hybridized carbons (Fsp3) is 0.278. The average molecular weight is 364 g/mol. The van der Waals surface area contributed by atoms with Crippen LogP contribution in [-0.4, -0.2) is 48.9 Å². The second-order valence-corrected chi connectivity index (χ2v) is 6.24. The standard InChI is InChI=1S/C18H16N6O3/c19-8-12-4-1-2-6-15(12)27-17-14-9-22-24(16(14)20-11-21-17)13-5-3-7-23(10-13)18(25)26/h1-2,4,6,9,11,13H,3,5,7,10H2,(H,25,26). The molecule has 3 aromatic rings. The predicted octanol–water partition coefficient (Wildman–Crippen LogP) is 2.81. The lowest BCUT2D eigenvalue weighted by Gasteiger charge is -2.30. The van der Waals surface area contributed by atoms with E-state index in [4.69, 9.17) is 4.74 Å². The molecule has 27 heavy (non-hydrogen) atoms. The molecule has 1 aliphatic heterocycles. The maximum absolute atomic E-state index is 11.3. The number of carboxylic acid groups (broad SMARTS) is 1. The topological polar surface area (TPSA) is 117 Å². The molecule has 1 aliphatic rings. The summed E-state index contributed by atoms with van der Waals surface area (Å²) in [6.45, 7) is 0.892. The lowest BCUT2D eigenvalue weighted by molar-refractivity contribution is 0.120. The van der Waals surface area contributed by atoms with Gasteiger partial charge < -0.3 is 14.7 Å². The van der Waals surface area contributed by atoms with Gasteiger partial charge in [0.2, 0.25) is 5.88 Å². The molecule has 0 radical (unpaired) electrons. The van der Waals surface area contributed by atoms with E-state index in [1.54, 1.807) is 35.1 Å². The first kappa shape index (κ1) is 16.8. The van der Waals surface area contributed by atoms with Crippen molar-refractivity contribution in [2.75, 3.05) is 13.1 Å². The molecule has 1 amide bonds. The van der Waals surface area contributed by atoms with Gasteiger partial charge in [-0.25, -0.2) is 19.4 Å². The predicted molar refractivity (Wildman–Crippen MR) is 94.4 cm³/mol. The molecule has 1 aromatic carbocycles. The van der Waals surface area contributed by atoms with E-state index in [0.717, 1.165) is 12.8 Å². The molecular formula is C18H16N6O3. The molecule has 3 heterocycles. The van der Waals surface area contributed by atoms with Crippen LogP contribution >= 0.6 is 0 Å². The summed E-state index contributed by atoms with van der Waals surface area (Å²) in [5.41, 5.74) is 0.979. The number of likely N-dealkylation sites (tertiary alicyclic amines) is 1. The van der Waals surface area contributed by atoms with Crippen molar-refractivity contribution in [2.45, 2.75) is 18.9 Å². The van der Waals surface area contributed by atoms with E-state index in [1.807, 2.05) is 0 Å². The molecule has 9 nitrogen and oxygen atoms in total. The Labute approximate surface area is 154 Å². The highest BCUT2D eigenvalue weighted by Crippen LogP contribution is 2.31. The van der Waals surface area contributed by atoms with Crippen LogP contribution in [0.5, 0.6) is 11.6 Å². The van der Waals surface area contributed by atoms with Crippen molar-refractivity contribution in [1.82, 2.24) is 24.6 Å². The maximum atomic E-state index is 11.3. The van der Waals surface area contributed by atoms with Gasteiger partial charge in [0.05, 0.1) is 17.8 Å². The molecule has 1 unspecified atom stereocenters. The van der Waals surface area contributed by atoms with Gasteiger partial charge in [-0.1, -0.05) is 12.1 Å². The Morgan fingerprint density at radius 1 is 1.33 bits per heavy atom. The Morgan fingerprint density at radius 2 is 2.19 bits per heavy atom. The number of rotatable bonds is 3. The summed E-state index contributed by atoms with van der Waals surface area (Å²) in [6.07, 6.45) is 3.64. The highest BCUT2D eigenvalue weighted by Gasteiger charge is 2.27. The summed E-state index contributed by atoms with van der Waals surface area (Å²) >= 11 is 0. The van der Waals surface area contributed by atoms with Crippen LogP contribution in [-0.2, 0) is 0 Å². The molecule has 0 saturated carbocycles. The summed E-state index contributed by atoms with van der Waals surface area (Å²) in [5.74, 6) is 0.710. The lowest BCUT2D eigenvalue weighted by Crippen LogP contribution is -2.40. The number of hydrogen-bond donors (Lipinski definition) is 1. The first-order valence-corrected chi connectivity index (χ1v) is 8.50. The fourth-order valence-corrected chi connectivity index (χ4v) is 3.27. The Morgan fingerprint density at radius 3 is 3.00 bits per heavy atom. The van der Waals surface area contributed by atoms with E-state index in [9.17, 15) is 15.2 Å². The van der Waals surface area contributed by atoms with Crippen molar-refractivity contribution in [3.8, 4) is 17.7 Å². The first-order chi connectivity index (χ1) is 13.2. The van der Waals surface area contributed by atoms with Crippen LogP contribution in [0.1, 0.15) is 24.4 Å². The van der Waals surface area contributed by atoms with Crippen molar-refractivity contribution in [3.63, 3.8) is 0 Å². The minimum absolute atomic E-state index is 0.0958. The van der Waals surface area contributed by atoms with Gasteiger partial charge in [-0.05, 0) is 25.0 Å². The average Bonchev–Trinajstić information content (AvgIpc) is 3.14. The number of ether oxygens (including phenoxy) is 1. The zero-order valence-electron chi connectivity index (χ0n) is 14.3. The van der Waals surface area contributed by atoms with Crippen molar-refractivity contribution < 1.29 is 14.6 Å². The monoisotopic (exact) mass is 364 g/mol. The third-order valence-electron chi connectivity index (χ3n) is 4.58. The molecule has 1 saturated heterocycles. The van der Waals surface area contributed by atoms with Gasteiger partial charge >= 0.3 is 6.09 Å². The lowest BCUT2D eigenvalue weighted by atomic mass is 10.1. The number of para-hydroxylation sites is 1. The number of benzene rings is 1. The number of fused-ring (bicyclic) bond motifs is 1. The zero-order chi connectivity index (χ0) is 18.8. The van der Waals surface area contributed by atoms with Gasteiger partial charge in [0.1, 0.15) is 23.5 Å². The van der Waals surface area contributed by atoms with Crippen LogP contribution in [0.4, 0.5) is 4.79 Å². The van der Waals surface area contributed by atoms with Crippen LogP contribution in [0.15, 0.2) is 36.8 Å². The largest absolute Gasteiger partial charge is 0.465 e. The number of piperidine rings is 1. The first-order valence-electron chi connectivity index (χ1n) is 8.50. The summed E-state index contributed by atoms with van der Waals surface area (Å²) in [7, 11) is 0. The molecule has 1 fully saturated rings. The number of nitrogens with zero attached hydrogens (tertiary/aromatic N) is 6. The summed E-state index contributed by atoms with van der Waals surface area (Å²) in [5, 5.41) is 23.5. The number of aromatic nitrogens is 4. The summed E-state index contributed by atoms with van der Waals surface area (Å²) < 4.78 is 7.57. The molecule has 0 bridgehead atoms. The SMILES string of the molecule is N#Cc1ccccc1Oc1ncnc2c1cnn2C1CCCN(C(=O)O)C1. The van der Waals surface area contributed by atoms with Crippen LogP contribution in [0.3, 0.4) is 0 Å². The van der Waals surface area contributed by atoms with Gasteiger partial charge in [0.15, 0.2) is 5.65 Å². The molecule has 0 aliphatic carbocycles. The maximum Gasteiger partial charge on any atom is 0.407 e. The van der Waals surface area contributed by atoms with Crippen LogP contribution in [0.25, 0.3) is 11.0 Å². The van der Waals surface area contributed by atoms with Crippen molar-refractivity contribution in [2.24, 2.45) is 0 Å². The minimum Gasteiger partial charge on any atom is -0.465 e. The van der Waals surface area contributed by atoms with E-state index in [2.05, 4.69) is 21.1 Å². The zero-order valence-corrected chi connectivity index (χ0v) is 14.3. The van der Waals surface area contributed by atoms with Gasteiger partial charge in [0, 0.05) is 13.1 Å². The van der Waals surface area contributed by atoms with Crippen molar-refractivity contribution >= 4 is 17.1 Å². The van der Waals surface area contributed by atoms with E-state index >= 15 is 0 Å². The molecule has 1 atom stereocenters. The van der Waals surface area contributed by atoms with Gasteiger partial charge in [-0.3, -0.25) is 0 Å². The fourth-order valence-electron chi connectivity index (χ4n) is 3.27. The third-order valence-corrected chi connectivity index (χ3v) is 4.58. The Bertz CT molecular complexity index is 1040. The Hall–Kier alpha value is -3.67. The molecule has 0 spiro atoms. The Kier molecular flexibility index (Phi) is 4.30. The molecule has 4 rings (SSSR count). The number of nitriles is 1. The van der Waals surface area contributed by atoms with Gasteiger partial charge in [-0.2, -0.15) is 10.4 Å². The molecule has 136 valence electrons. The van der Waals surface area contributed by atoms with Crippen molar-refractivity contribution in [1.29, 1.82) is 5.26 Å². The van der Waals surface area contributed by atoms with E-state index < -0.39 is 6.09 Å². The number of carbonyl (C=O) groups is 1. The summed E-state index contributed by atoms with van der Waals surface area (Å²) in [4.78, 5) is 21.2. The quantitative estimate of drug-likeness (QED) is 0.759. The smallest absolute Gasteiger partial charge is 0.407 e. The second kappa shape index (κ2) is 6.92. The van der Waals surface area contributed by atoms with Crippen molar-refractivity contribution in [3.05, 3.63) is 42.4 Å². The second-order valence-electron chi connectivity index (χ2n) is 6.24.